The predicted molar refractivity (Wildman–Crippen MR) is 108 cm³/mol. The van der Waals surface area contributed by atoms with Crippen molar-refractivity contribution >= 4 is 27.5 Å². The summed E-state index contributed by atoms with van der Waals surface area (Å²) >= 11 is 0. The minimum atomic E-state index is -3.47. The molecule has 1 aliphatic heterocycles. The van der Waals surface area contributed by atoms with Crippen LogP contribution in [0.2, 0.25) is 0 Å². The molecule has 154 valence electrons. The van der Waals surface area contributed by atoms with E-state index in [-0.39, 0.29) is 11.4 Å². The van der Waals surface area contributed by atoms with Crippen molar-refractivity contribution in [3.63, 3.8) is 0 Å². The molecule has 0 bridgehead atoms. The predicted octanol–water partition coefficient (Wildman–Crippen LogP) is 1.73. The van der Waals surface area contributed by atoms with E-state index in [2.05, 4.69) is 10.6 Å². The van der Waals surface area contributed by atoms with Crippen molar-refractivity contribution in [3.8, 4) is 5.75 Å². The lowest BCUT2D eigenvalue weighted by Gasteiger charge is -2.15. The maximum absolute atomic E-state index is 12.5. The highest BCUT2D eigenvalue weighted by Crippen LogP contribution is 2.21. The highest BCUT2D eigenvalue weighted by Gasteiger charge is 2.26. The molecule has 0 radical (unpaired) electrons. The molecule has 2 N–H and O–H groups in total. The van der Waals surface area contributed by atoms with Gasteiger partial charge in [0.25, 0.3) is 0 Å². The van der Waals surface area contributed by atoms with Crippen LogP contribution in [-0.2, 0) is 26.2 Å². The van der Waals surface area contributed by atoms with E-state index in [1.54, 1.807) is 36.4 Å². The first-order valence-corrected chi connectivity index (χ1v) is 10.7. The number of benzene rings is 2. The van der Waals surface area contributed by atoms with Crippen LogP contribution in [0.15, 0.2) is 53.4 Å². The van der Waals surface area contributed by atoms with Gasteiger partial charge in [0.05, 0.1) is 12.0 Å². The Labute approximate surface area is 169 Å². The lowest BCUT2D eigenvalue weighted by atomic mass is 10.2. The van der Waals surface area contributed by atoms with Crippen LogP contribution in [0.4, 0.5) is 5.69 Å². The van der Waals surface area contributed by atoms with Crippen molar-refractivity contribution in [3.05, 3.63) is 54.1 Å². The summed E-state index contributed by atoms with van der Waals surface area (Å²) in [6.45, 7) is 1.20. The molecule has 3 rings (SSSR count). The van der Waals surface area contributed by atoms with E-state index in [0.717, 1.165) is 12.8 Å². The van der Waals surface area contributed by atoms with Gasteiger partial charge in [0.15, 0.2) is 0 Å². The number of anilines is 1. The molecule has 9 heteroatoms. The van der Waals surface area contributed by atoms with E-state index in [9.17, 15) is 18.0 Å². The average molecular weight is 417 g/mol. The Kier molecular flexibility index (Phi) is 6.50. The fourth-order valence-electron chi connectivity index (χ4n) is 2.98. The van der Waals surface area contributed by atoms with Crippen LogP contribution in [0, 0.1) is 0 Å². The number of hydrogen-bond acceptors (Lipinski definition) is 5. The van der Waals surface area contributed by atoms with Gasteiger partial charge in [0, 0.05) is 25.3 Å². The quantitative estimate of drug-likeness (QED) is 0.697. The Balaban J connectivity index is 1.53. The monoisotopic (exact) mass is 417 g/mol. The largest absolute Gasteiger partial charge is 0.497 e. The minimum Gasteiger partial charge on any atom is -0.497 e. The van der Waals surface area contributed by atoms with Crippen molar-refractivity contribution in [2.75, 3.05) is 25.5 Å². The molecular weight excluding hydrogens is 394 g/mol. The zero-order chi connectivity index (χ0) is 20.9. The summed E-state index contributed by atoms with van der Waals surface area (Å²) in [7, 11) is -1.93. The van der Waals surface area contributed by atoms with Gasteiger partial charge < -0.3 is 15.4 Å². The van der Waals surface area contributed by atoms with Gasteiger partial charge >= 0.3 is 11.8 Å². The summed E-state index contributed by atoms with van der Waals surface area (Å²) in [5, 5.41) is 5.02. The van der Waals surface area contributed by atoms with Crippen molar-refractivity contribution in [2.24, 2.45) is 0 Å². The molecule has 0 aromatic heterocycles. The van der Waals surface area contributed by atoms with E-state index >= 15 is 0 Å². The van der Waals surface area contributed by atoms with Gasteiger partial charge in [-0.15, -0.1) is 0 Å². The number of methoxy groups -OCH3 is 1. The van der Waals surface area contributed by atoms with Crippen LogP contribution < -0.4 is 15.4 Å². The molecule has 1 aliphatic rings. The molecular formula is C20H23N3O5S. The second kappa shape index (κ2) is 9.06. The molecule has 1 heterocycles. The normalized spacial score (nSPS) is 14.4. The zero-order valence-electron chi connectivity index (χ0n) is 16.1. The van der Waals surface area contributed by atoms with Crippen LogP contribution in [0.3, 0.4) is 0 Å². The van der Waals surface area contributed by atoms with E-state index in [1.165, 1.54) is 23.5 Å². The first kappa shape index (κ1) is 20.8. The van der Waals surface area contributed by atoms with Gasteiger partial charge in [-0.3, -0.25) is 9.59 Å². The molecule has 0 spiro atoms. The van der Waals surface area contributed by atoms with Crippen molar-refractivity contribution < 1.29 is 22.7 Å². The molecule has 2 aromatic carbocycles. The standard InChI is InChI=1S/C20H23N3O5S/c1-28-17-8-6-16(7-9-17)22-20(25)19(24)21-14-15-4-10-18(11-5-15)29(26,27)23-12-2-3-13-23/h4-11H,2-3,12-14H2,1H3,(H,21,24)(H,22,25). The lowest BCUT2D eigenvalue weighted by molar-refractivity contribution is -0.136. The van der Waals surface area contributed by atoms with Gasteiger partial charge in [-0.25, -0.2) is 8.42 Å². The number of carbonyl (C=O) groups excluding carboxylic acids is 2. The first-order chi connectivity index (χ1) is 13.9. The topological polar surface area (TPSA) is 105 Å². The van der Waals surface area contributed by atoms with Crippen molar-refractivity contribution in [1.82, 2.24) is 9.62 Å². The number of ether oxygens (including phenoxy) is 1. The van der Waals surface area contributed by atoms with Crippen LogP contribution in [0.25, 0.3) is 0 Å². The Morgan fingerprint density at radius 2 is 1.59 bits per heavy atom. The molecule has 8 nitrogen and oxygen atoms in total. The van der Waals surface area contributed by atoms with E-state index in [1.807, 2.05) is 0 Å². The molecule has 1 fully saturated rings. The second-order valence-electron chi connectivity index (χ2n) is 6.62. The number of nitrogens with zero attached hydrogens (tertiary/aromatic N) is 1. The van der Waals surface area contributed by atoms with Gasteiger partial charge in [-0.05, 0) is 54.8 Å². The first-order valence-electron chi connectivity index (χ1n) is 9.22. The summed E-state index contributed by atoms with van der Waals surface area (Å²) in [6.07, 6.45) is 1.75. The van der Waals surface area contributed by atoms with Gasteiger partial charge in [-0.1, -0.05) is 12.1 Å². The lowest BCUT2D eigenvalue weighted by Crippen LogP contribution is -2.35. The summed E-state index contributed by atoms with van der Waals surface area (Å²) in [6, 6.07) is 12.9. The molecule has 0 unspecified atom stereocenters. The fraction of sp³-hybridized carbons (Fsp3) is 0.300. The van der Waals surface area contributed by atoms with Crippen molar-refractivity contribution in [1.29, 1.82) is 0 Å². The van der Waals surface area contributed by atoms with E-state index in [4.69, 9.17) is 4.74 Å². The maximum atomic E-state index is 12.5. The van der Waals surface area contributed by atoms with Crippen LogP contribution in [0.5, 0.6) is 5.75 Å². The van der Waals surface area contributed by atoms with Crippen molar-refractivity contribution in [2.45, 2.75) is 24.3 Å². The number of carbonyl (C=O) groups is 2. The highest BCUT2D eigenvalue weighted by molar-refractivity contribution is 7.89. The number of amides is 2. The Morgan fingerprint density at radius 1 is 0.966 bits per heavy atom. The zero-order valence-corrected chi connectivity index (χ0v) is 16.9. The third kappa shape index (κ3) is 5.12. The Morgan fingerprint density at radius 3 is 2.17 bits per heavy atom. The summed E-state index contributed by atoms with van der Waals surface area (Å²) < 4.78 is 31.5. The number of hydrogen-bond donors (Lipinski definition) is 2. The third-order valence-electron chi connectivity index (χ3n) is 4.63. The molecule has 29 heavy (non-hydrogen) atoms. The molecule has 0 atom stereocenters. The second-order valence-corrected chi connectivity index (χ2v) is 8.56. The number of nitrogens with one attached hydrogen (secondary N) is 2. The number of rotatable bonds is 6. The van der Waals surface area contributed by atoms with Gasteiger partial charge in [-0.2, -0.15) is 4.31 Å². The third-order valence-corrected chi connectivity index (χ3v) is 6.55. The SMILES string of the molecule is COc1ccc(NC(=O)C(=O)NCc2ccc(S(=O)(=O)N3CCCC3)cc2)cc1. The molecule has 0 saturated carbocycles. The van der Waals surface area contributed by atoms with Crippen LogP contribution >= 0.6 is 0 Å². The smallest absolute Gasteiger partial charge is 0.313 e. The van der Waals surface area contributed by atoms with E-state index < -0.39 is 21.8 Å². The number of sulfonamides is 1. The Bertz CT molecular complexity index is 966. The summed E-state index contributed by atoms with van der Waals surface area (Å²) in [5.74, 6) is -0.930. The molecule has 2 aromatic rings. The molecule has 1 saturated heterocycles. The minimum absolute atomic E-state index is 0.110. The average Bonchev–Trinajstić information content (AvgIpc) is 3.28. The highest BCUT2D eigenvalue weighted by atomic mass is 32.2. The molecule has 0 aliphatic carbocycles. The molecule has 2 amide bonds. The maximum Gasteiger partial charge on any atom is 0.313 e. The summed E-state index contributed by atoms with van der Waals surface area (Å²) in [4.78, 5) is 24.2. The van der Waals surface area contributed by atoms with Gasteiger partial charge in [0.1, 0.15) is 5.75 Å². The summed E-state index contributed by atoms with van der Waals surface area (Å²) in [5.41, 5.74) is 1.17. The fourth-order valence-corrected chi connectivity index (χ4v) is 4.50. The van der Waals surface area contributed by atoms with Gasteiger partial charge in [0.2, 0.25) is 10.0 Å². The van der Waals surface area contributed by atoms with Crippen LogP contribution in [-0.4, -0.2) is 44.7 Å². The van der Waals surface area contributed by atoms with E-state index in [0.29, 0.717) is 30.1 Å². The Hall–Kier alpha value is -2.91. The van der Waals surface area contributed by atoms with Crippen LogP contribution in [0.1, 0.15) is 18.4 Å².